The number of hydrogen-bond acceptors (Lipinski definition) is 4. The van der Waals surface area contributed by atoms with Crippen LogP contribution in [0.5, 0.6) is 11.5 Å². The summed E-state index contributed by atoms with van der Waals surface area (Å²) in [7, 11) is 3.12. The second-order valence-corrected chi connectivity index (χ2v) is 6.44. The van der Waals surface area contributed by atoms with Gasteiger partial charge in [-0.2, -0.15) is 0 Å². The lowest BCUT2D eigenvalue weighted by molar-refractivity contribution is 0.0948. The fourth-order valence-corrected chi connectivity index (χ4v) is 3.07. The van der Waals surface area contributed by atoms with Crippen molar-refractivity contribution in [2.45, 2.75) is 20.1 Å². The van der Waals surface area contributed by atoms with Crippen molar-refractivity contribution >= 4 is 28.5 Å². The maximum atomic E-state index is 12.6. The molecule has 0 unspecified atom stereocenters. The van der Waals surface area contributed by atoms with Gasteiger partial charge in [0.2, 0.25) is 0 Å². The molecular formula is C19H22INO4. The average Bonchev–Trinajstić information content (AvgIpc) is 2.64. The lowest BCUT2D eigenvalue weighted by Gasteiger charge is -2.13. The number of halogens is 1. The Morgan fingerprint density at radius 1 is 1.08 bits per heavy atom. The Bertz CT molecular complexity index is 733. The molecule has 0 saturated carbocycles. The first-order valence-corrected chi connectivity index (χ1v) is 9.02. The zero-order valence-electron chi connectivity index (χ0n) is 14.6. The van der Waals surface area contributed by atoms with E-state index in [0.717, 1.165) is 14.7 Å². The molecule has 0 radical (unpaired) electrons. The Morgan fingerprint density at radius 3 is 2.36 bits per heavy atom. The highest BCUT2D eigenvalue weighted by Gasteiger charge is 2.15. The number of ether oxygens (including phenoxy) is 3. The van der Waals surface area contributed by atoms with Crippen LogP contribution < -0.4 is 14.8 Å². The van der Waals surface area contributed by atoms with Gasteiger partial charge >= 0.3 is 0 Å². The summed E-state index contributed by atoms with van der Waals surface area (Å²) in [4.78, 5) is 12.6. The van der Waals surface area contributed by atoms with Gasteiger partial charge in [0.1, 0.15) is 0 Å². The van der Waals surface area contributed by atoms with Crippen LogP contribution in [0.1, 0.15) is 28.4 Å². The highest BCUT2D eigenvalue weighted by atomic mass is 127. The van der Waals surface area contributed by atoms with Gasteiger partial charge in [-0.3, -0.25) is 4.79 Å². The number of hydrogen-bond donors (Lipinski definition) is 1. The highest BCUT2D eigenvalue weighted by Crippen LogP contribution is 2.31. The first-order valence-electron chi connectivity index (χ1n) is 7.95. The highest BCUT2D eigenvalue weighted by molar-refractivity contribution is 14.1. The third-order valence-electron chi connectivity index (χ3n) is 3.74. The molecule has 1 N–H and O–H groups in total. The third-order valence-corrected chi connectivity index (χ3v) is 4.63. The van der Waals surface area contributed by atoms with E-state index in [1.165, 1.54) is 0 Å². The number of amides is 1. The summed E-state index contributed by atoms with van der Waals surface area (Å²) in [5.74, 6) is 0.979. The lowest BCUT2D eigenvalue weighted by atomic mass is 10.1. The summed E-state index contributed by atoms with van der Waals surface area (Å²) >= 11 is 2.12. The van der Waals surface area contributed by atoms with Crippen LogP contribution in [0.2, 0.25) is 0 Å². The molecular weight excluding hydrogens is 433 g/mol. The topological polar surface area (TPSA) is 56.8 Å². The zero-order valence-corrected chi connectivity index (χ0v) is 16.8. The summed E-state index contributed by atoms with van der Waals surface area (Å²) in [5, 5.41) is 2.97. The van der Waals surface area contributed by atoms with E-state index >= 15 is 0 Å². The molecule has 0 heterocycles. The predicted molar refractivity (Wildman–Crippen MR) is 105 cm³/mol. The molecule has 0 aliphatic carbocycles. The van der Waals surface area contributed by atoms with Gasteiger partial charge in [0, 0.05) is 16.7 Å². The fourth-order valence-electron chi connectivity index (χ4n) is 2.38. The number of rotatable bonds is 8. The molecule has 5 nitrogen and oxygen atoms in total. The van der Waals surface area contributed by atoms with E-state index in [9.17, 15) is 4.79 Å². The van der Waals surface area contributed by atoms with Gasteiger partial charge in [0.15, 0.2) is 11.5 Å². The van der Waals surface area contributed by atoms with Crippen molar-refractivity contribution < 1.29 is 19.0 Å². The van der Waals surface area contributed by atoms with Crippen molar-refractivity contribution in [2.75, 3.05) is 20.8 Å². The van der Waals surface area contributed by atoms with E-state index in [4.69, 9.17) is 14.2 Å². The van der Waals surface area contributed by atoms with Crippen LogP contribution in [0.15, 0.2) is 36.4 Å². The molecule has 0 fully saturated rings. The average molecular weight is 455 g/mol. The molecule has 0 aliphatic rings. The normalized spacial score (nSPS) is 10.4. The first-order chi connectivity index (χ1) is 12.1. The van der Waals surface area contributed by atoms with E-state index in [1.807, 2.05) is 31.2 Å². The summed E-state index contributed by atoms with van der Waals surface area (Å²) in [6, 6.07) is 11.4. The second-order valence-electron chi connectivity index (χ2n) is 5.28. The Kier molecular flexibility index (Phi) is 7.52. The maximum absolute atomic E-state index is 12.6. The van der Waals surface area contributed by atoms with Gasteiger partial charge in [-0.1, -0.05) is 24.3 Å². The lowest BCUT2D eigenvalue weighted by Crippen LogP contribution is -2.24. The number of methoxy groups -OCH3 is 2. The summed E-state index contributed by atoms with van der Waals surface area (Å²) in [6.07, 6.45) is 0. The number of carbonyl (C=O) groups excluding carboxylic acids is 1. The van der Waals surface area contributed by atoms with E-state index in [-0.39, 0.29) is 5.91 Å². The van der Waals surface area contributed by atoms with Crippen molar-refractivity contribution in [3.05, 3.63) is 56.7 Å². The number of nitrogens with one attached hydrogen (secondary N) is 1. The predicted octanol–water partition coefficient (Wildman–Crippen LogP) is 3.77. The third kappa shape index (κ3) is 5.09. The standard InChI is InChI=1S/C19H22INO4/c1-4-25-12-14-8-6-5-7-13(14)11-21-19(22)15-9-17(23-2)18(24-3)10-16(15)20/h5-10H,4,11-12H2,1-3H3,(H,21,22). The Balaban J connectivity index is 2.13. The maximum Gasteiger partial charge on any atom is 0.252 e. The second kappa shape index (κ2) is 9.62. The van der Waals surface area contributed by atoms with Gasteiger partial charge in [0.25, 0.3) is 5.91 Å². The first kappa shape index (κ1) is 19.5. The molecule has 0 aliphatic heterocycles. The van der Waals surface area contributed by atoms with E-state index < -0.39 is 0 Å². The van der Waals surface area contributed by atoms with E-state index in [2.05, 4.69) is 27.9 Å². The molecule has 0 spiro atoms. The minimum atomic E-state index is -0.156. The van der Waals surface area contributed by atoms with Crippen LogP contribution in [-0.4, -0.2) is 26.7 Å². The SMILES string of the molecule is CCOCc1ccccc1CNC(=O)c1cc(OC)c(OC)cc1I. The van der Waals surface area contributed by atoms with Gasteiger partial charge in [-0.05, 0) is 52.8 Å². The number of carbonyl (C=O) groups is 1. The molecule has 0 saturated heterocycles. The largest absolute Gasteiger partial charge is 0.493 e. The van der Waals surface area contributed by atoms with Crippen molar-refractivity contribution in [3.8, 4) is 11.5 Å². The van der Waals surface area contributed by atoms with Crippen molar-refractivity contribution in [2.24, 2.45) is 0 Å². The van der Waals surface area contributed by atoms with E-state index in [1.54, 1.807) is 26.4 Å². The smallest absolute Gasteiger partial charge is 0.252 e. The van der Waals surface area contributed by atoms with Gasteiger partial charge in [-0.25, -0.2) is 0 Å². The van der Waals surface area contributed by atoms with E-state index in [0.29, 0.717) is 36.8 Å². The summed E-state index contributed by atoms with van der Waals surface area (Å²) in [6.45, 7) is 3.59. The van der Waals surface area contributed by atoms with Crippen molar-refractivity contribution in [1.82, 2.24) is 5.32 Å². The molecule has 6 heteroatoms. The van der Waals surface area contributed by atoms with Crippen LogP contribution in [0.4, 0.5) is 0 Å². The van der Waals surface area contributed by atoms with Crippen LogP contribution in [0.3, 0.4) is 0 Å². The van der Waals surface area contributed by atoms with Crippen molar-refractivity contribution in [3.63, 3.8) is 0 Å². The molecule has 2 aromatic rings. The van der Waals surface area contributed by atoms with Crippen molar-refractivity contribution in [1.29, 1.82) is 0 Å². The molecule has 2 rings (SSSR count). The number of benzene rings is 2. The molecule has 25 heavy (non-hydrogen) atoms. The Hall–Kier alpha value is -1.80. The van der Waals surface area contributed by atoms with Crippen LogP contribution in [0, 0.1) is 3.57 Å². The molecule has 134 valence electrons. The van der Waals surface area contributed by atoms with Crippen LogP contribution in [0.25, 0.3) is 0 Å². The monoisotopic (exact) mass is 455 g/mol. The quantitative estimate of drug-likeness (QED) is 0.616. The van der Waals surface area contributed by atoms with Gasteiger partial charge < -0.3 is 19.5 Å². The minimum absolute atomic E-state index is 0.156. The van der Waals surface area contributed by atoms with Crippen LogP contribution >= 0.6 is 22.6 Å². The summed E-state index contributed by atoms with van der Waals surface area (Å²) < 4.78 is 16.8. The van der Waals surface area contributed by atoms with Gasteiger partial charge in [-0.15, -0.1) is 0 Å². The van der Waals surface area contributed by atoms with Crippen LogP contribution in [-0.2, 0) is 17.9 Å². The Morgan fingerprint density at radius 2 is 1.72 bits per heavy atom. The fraction of sp³-hybridized carbons (Fsp3) is 0.316. The minimum Gasteiger partial charge on any atom is -0.493 e. The molecule has 0 aromatic heterocycles. The molecule has 0 atom stereocenters. The molecule has 2 aromatic carbocycles. The molecule has 1 amide bonds. The van der Waals surface area contributed by atoms with Gasteiger partial charge in [0.05, 0.1) is 26.4 Å². The molecule has 0 bridgehead atoms. The summed E-state index contributed by atoms with van der Waals surface area (Å²) in [5.41, 5.74) is 2.67. The Labute approximate surface area is 161 Å². The zero-order chi connectivity index (χ0) is 18.2.